The summed E-state index contributed by atoms with van der Waals surface area (Å²) in [7, 11) is 1.60. The topological polar surface area (TPSA) is 73.1 Å². The monoisotopic (exact) mass is 244 g/mol. The number of hydrogen-bond acceptors (Lipinski definition) is 5. The Morgan fingerprint density at radius 3 is 2.83 bits per heavy atom. The van der Waals surface area contributed by atoms with E-state index in [2.05, 4.69) is 15.4 Å². The van der Waals surface area contributed by atoms with Gasteiger partial charge in [0.25, 0.3) is 0 Å². The summed E-state index contributed by atoms with van der Waals surface area (Å²) in [6, 6.07) is 7.68. The SMILES string of the molecule is COc1ncccc1C(Cc1cccnc1)NN. The van der Waals surface area contributed by atoms with Crippen molar-refractivity contribution in [1.82, 2.24) is 15.4 Å². The van der Waals surface area contributed by atoms with E-state index >= 15 is 0 Å². The molecule has 0 amide bonds. The van der Waals surface area contributed by atoms with Crippen molar-refractivity contribution in [2.45, 2.75) is 12.5 Å². The molecule has 0 fully saturated rings. The molecule has 5 heteroatoms. The van der Waals surface area contributed by atoms with Crippen molar-refractivity contribution in [1.29, 1.82) is 0 Å². The van der Waals surface area contributed by atoms with Gasteiger partial charge >= 0.3 is 0 Å². The lowest BCUT2D eigenvalue weighted by Gasteiger charge is -2.18. The number of nitrogens with zero attached hydrogens (tertiary/aromatic N) is 2. The first kappa shape index (κ1) is 12.5. The minimum atomic E-state index is -0.0575. The van der Waals surface area contributed by atoms with Crippen LogP contribution in [0.4, 0.5) is 0 Å². The maximum absolute atomic E-state index is 5.62. The fraction of sp³-hybridized carbons (Fsp3) is 0.231. The van der Waals surface area contributed by atoms with Crippen molar-refractivity contribution in [2.24, 2.45) is 5.84 Å². The molecule has 0 spiro atoms. The number of methoxy groups -OCH3 is 1. The van der Waals surface area contributed by atoms with Gasteiger partial charge in [-0.1, -0.05) is 12.1 Å². The average Bonchev–Trinajstić information content (AvgIpc) is 2.46. The zero-order chi connectivity index (χ0) is 12.8. The van der Waals surface area contributed by atoms with Crippen LogP contribution in [0.15, 0.2) is 42.9 Å². The van der Waals surface area contributed by atoms with Crippen LogP contribution in [0.2, 0.25) is 0 Å². The standard InChI is InChI=1S/C13H16N4O/c1-18-13-11(5-3-7-16-13)12(17-14)8-10-4-2-6-15-9-10/h2-7,9,12,17H,8,14H2,1H3. The minimum Gasteiger partial charge on any atom is -0.481 e. The molecule has 0 saturated carbocycles. The Balaban J connectivity index is 2.23. The molecule has 5 nitrogen and oxygen atoms in total. The molecule has 0 aliphatic rings. The molecule has 0 aliphatic heterocycles. The molecule has 1 atom stereocenters. The second kappa shape index (κ2) is 6.09. The summed E-state index contributed by atoms with van der Waals surface area (Å²) in [5, 5.41) is 0. The Kier molecular flexibility index (Phi) is 4.22. The van der Waals surface area contributed by atoms with Gasteiger partial charge in [-0.05, 0) is 24.1 Å². The maximum Gasteiger partial charge on any atom is 0.217 e. The molecule has 1 unspecified atom stereocenters. The van der Waals surface area contributed by atoms with E-state index in [0.717, 1.165) is 17.5 Å². The molecule has 2 aromatic rings. The van der Waals surface area contributed by atoms with Crippen LogP contribution in [0.5, 0.6) is 5.88 Å². The molecule has 0 radical (unpaired) electrons. The average molecular weight is 244 g/mol. The molecule has 18 heavy (non-hydrogen) atoms. The number of hydrazine groups is 1. The molecule has 3 N–H and O–H groups in total. The molecule has 0 saturated heterocycles. The third-order valence-corrected chi connectivity index (χ3v) is 2.73. The number of hydrogen-bond donors (Lipinski definition) is 2. The summed E-state index contributed by atoms with van der Waals surface area (Å²) >= 11 is 0. The Morgan fingerprint density at radius 1 is 1.33 bits per heavy atom. The van der Waals surface area contributed by atoms with Gasteiger partial charge in [0.2, 0.25) is 5.88 Å². The van der Waals surface area contributed by atoms with Crippen LogP contribution < -0.4 is 16.0 Å². The van der Waals surface area contributed by atoms with Crippen molar-refractivity contribution >= 4 is 0 Å². The van der Waals surface area contributed by atoms with E-state index in [1.807, 2.05) is 30.5 Å². The summed E-state index contributed by atoms with van der Waals surface area (Å²) in [6.07, 6.45) is 6.00. The lowest BCUT2D eigenvalue weighted by Crippen LogP contribution is -2.30. The Labute approximate surface area is 106 Å². The van der Waals surface area contributed by atoms with Gasteiger partial charge in [-0.2, -0.15) is 0 Å². The van der Waals surface area contributed by atoms with E-state index in [4.69, 9.17) is 10.6 Å². The van der Waals surface area contributed by atoms with Gasteiger partial charge in [-0.3, -0.25) is 16.3 Å². The lowest BCUT2D eigenvalue weighted by atomic mass is 10.0. The second-order valence-electron chi connectivity index (χ2n) is 3.89. The van der Waals surface area contributed by atoms with Gasteiger partial charge in [0.05, 0.1) is 13.2 Å². The summed E-state index contributed by atoms with van der Waals surface area (Å²) < 4.78 is 5.24. The largest absolute Gasteiger partial charge is 0.481 e. The maximum atomic E-state index is 5.62. The zero-order valence-corrected chi connectivity index (χ0v) is 10.2. The number of aromatic nitrogens is 2. The number of pyridine rings is 2. The zero-order valence-electron chi connectivity index (χ0n) is 10.2. The highest BCUT2D eigenvalue weighted by Crippen LogP contribution is 2.24. The van der Waals surface area contributed by atoms with Gasteiger partial charge < -0.3 is 4.74 Å². The Hall–Kier alpha value is -1.98. The fourth-order valence-corrected chi connectivity index (χ4v) is 1.85. The van der Waals surface area contributed by atoms with Crippen molar-refractivity contribution in [2.75, 3.05) is 7.11 Å². The van der Waals surface area contributed by atoms with Crippen LogP contribution in [0.3, 0.4) is 0 Å². The molecule has 0 aromatic carbocycles. The van der Waals surface area contributed by atoms with Gasteiger partial charge in [-0.25, -0.2) is 4.98 Å². The fourth-order valence-electron chi connectivity index (χ4n) is 1.85. The summed E-state index contributed by atoms with van der Waals surface area (Å²) in [5.74, 6) is 6.21. The molecule has 2 aromatic heterocycles. The van der Waals surface area contributed by atoms with Crippen molar-refractivity contribution in [3.05, 3.63) is 54.0 Å². The van der Waals surface area contributed by atoms with E-state index < -0.39 is 0 Å². The smallest absolute Gasteiger partial charge is 0.217 e. The molecular weight excluding hydrogens is 228 g/mol. The number of nitrogens with one attached hydrogen (secondary N) is 1. The molecular formula is C13H16N4O. The quantitative estimate of drug-likeness (QED) is 0.611. The van der Waals surface area contributed by atoms with Gasteiger partial charge in [0.15, 0.2) is 0 Å². The van der Waals surface area contributed by atoms with Crippen LogP contribution in [0, 0.1) is 0 Å². The molecule has 2 rings (SSSR count). The van der Waals surface area contributed by atoms with Crippen LogP contribution in [-0.4, -0.2) is 17.1 Å². The predicted molar refractivity (Wildman–Crippen MR) is 68.8 cm³/mol. The predicted octanol–water partition coefficient (Wildman–Crippen LogP) is 1.23. The van der Waals surface area contributed by atoms with E-state index in [1.165, 1.54) is 0 Å². The van der Waals surface area contributed by atoms with Crippen LogP contribution in [0.1, 0.15) is 17.2 Å². The Morgan fingerprint density at radius 2 is 2.17 bits per heavy atom. The van der Waals surface area contributed by atoms with E-state index in [9.17, 15) is 0 Å². The van der Waals surface area contributed by atoms with Crippen LogP contribution >= 0.6 is 0 Å². The summed E-state index contributed by atoms with van der Waals surface area (Å²) in [5.41, 5.74) is 4.83. The van der Waals surface area contributed by atoms with Gasteiger partial charge in [0, 0.05) is 24.2 Å². The third-order valence-electron chi connectivity index (χ3n) is 2.73. The van der Waals surface area contributed by atoms with Crippen molar-refractivity contribution < 1.29 is 4.74 Å². The third kappa shape index (κ3) is 2.82. The minimum absolute atomic E-state index is 0.0575. The number of ether oxygens (including phenoxy) is 1. The lowest BCUT2D eigenvalue weighted by molar-refractivity contribution is 0.382. The number of nitrogens with two attached hydrogens (primary N) is 1. The van der Waals surface area contributed by atoms with Crippen LogP contribution in [-0.2, 0) is 6.42 Å². The normalized spacial score (nSPS) is 12.1. The van der Waals surface area contributed by atoms with Crippen molar-refractivity contribution in [3.8, 4) is 5.88 Å². The van der Waals surface area contributed by atoms with E-state index in [-0.39, 0.29) is 6.04 Å². The summed E-state index contributed by atoms with van der Waals surface area (Å²) in [4.78, 5) is 8.27. The first-order chi connectivity index (χ1) is 8.85. The summed E-state index contributed by atoms with van der Waals surface area (Å²) in [6.45, 7) is 0. The molecule has 2 heterocycles. The van der Waals surface area contributed by atoms with E-state index in [1.54, 1.807) is 19.5 Å². The van der Waals surface area contributed by atoms with Gasteiger partial charge in [-0.15, -0.1) is 0 Å². The highest BCUT2D eigenvalue weighted by atomic mass is 16.5. The number of rotatable bonds is 5. The Bertz CT molecular complexity index is 489. The first-order valence-electron chi connectivity index (χ1n) is 5.69. The van der Waals surface area contributed by atoms with Crippen molar-refractivity contribution in [3.63, 3.8) is 0 Å². The second-order valence-corrected chi connectivity index (χ2v) is 3.89. The van der Waals surface area contributed by atoms with Gasteiger partial charge in [0.1, 0.15) is 0 Å². The molecule has 94 valence electrons. The molecule has 0 aliphatic carbocycles. The van der Waals surface area contributed by atoms with Crippen LogP contribution in [0.25, 0.3) is 0 Å². The highest BCUT2D eigenvalue weighted by Gasteiger charge is 2.15. The highest BCUT2D eigenvalue weighted by molar-refractivity contribution is 5.30. The molecule has 0 bridgehead atoms. The first-order valence-corrected chi connectivity index (χ1v) is 5.69. The van der Waals surface area contributed by atoms with E-state index in [0.29, 0.717) is 5.88 Å².